The molecule has 0 aliphatic heterocycles. The second-order valence-electron chi connectivity index (χ2n) is 5.61. The minimum atomic E-state index is -3.76. The highest BCUT2D eigenvalue weighted by Crippen LogP contribution is 2.49. The molecule has 0 radical (unpaired) electrons. The first-order valence-corrected chi connectivity index (χ1v) is 8.56. The molecule has 0 unspecified atom stereocenters. The average Bonchev–Trinajstić information content (AvgIpc) is 3.29. The predicted octanol–water partition coefficient (Wildman–Crippen LogP) is 2.14. The number of nitrogens with two attached hydrogens (primary N) is 1. The quantitative estimate of drug-likeness (QED) is 0.898. The molecule has 0 bridgehead atoms. The molecule has 3 N–H and O–H groups in total. The number of primary sulfonamides is 1. The molecule has 0 saturated heterocycles. The molecule has 2 aromatic rings. The first-order valence-electron chi connectivity index (χ1n) is 7.02. The summed E-state index contributed by atoms with van der Waals surface area (Å²) in [7, 11) is -3.76. The predicted molar refractivity (Wildman–Crippen MR) is 83.8 cm³/mol. The maximum absolute atomic E-state index is 13.0. The van der Waals surface area contributed by atoms with Gasteiger partial charge in [0.15, 0.2) is 0 Å². The Balaban J connectivity index is 1.78. The Morgan fingerprint density at radius 2 is 1.61 bits per heavy atom. The number of carbonyl (C=O) groups excluding carboxylic acids is 1. The number of sulfonamides is 1. The fourth-order valence-electron chi connectivity index (χ4n) is 2.52. The number of rotatable bonds is 4. The summed E-state index contributed by atoms with van der Waals surface area (Å²) in [5, 5.41) is 7.80. The maximum Gasteiger partial charge on any atom is 0.238 e. The molecule has 1 aliphatic carbocycles. The summed E-state index contributed by atoms with van der Waals surface area (Å²) in [4.78, 5) is 12.5. The van der Waals surface area contributed by atoms with Crippen LogP contribution in [-0.4, -0.2) is 14.3 Å². The summed E-state index contributed by atoms with van der Waals surface area (Å²) in [5.41, 5.74) is 0.625. The molecule has 1 saturated carbocycles. The highest BCUT2D eigenvalue weighted by Gasteiger charge is 2.51. The van der Waals surface area contributed by atoms with E-state index in [0.29, 0.717) is 18.5 Å². The van der Waals surface area contributed by atoms with Gasteiger partial charge in [0.1, 0.15) is 5.82 Å². The lowest BCUT2D eigenvalue weighted by atomic mass is 9.95. The van der Waals surface area contributed by atoms with Gasteiger partial charge >= 0.3 is 0 Å². The Bertz CT molecular complexity index is 842. The van der Waals surface area contributed by atoms with E-state index in [2.05, 4.69) is 5.32 Å². The van der Waals surface area contributed by atoms with Crippen LogP contribution in [0, 0.1) is 5.82 Å². The molecular weight excluding hydrogens is 319 g/mol. The topological polar surface area (TPSA) is 89.3 Å². The van der Waals surface area contributed by atoms with Crippen LogP contribution in [0.4, 0.5) is 10.1 Å². The molecule has 5 nitrogen and oxygen atoms in total. The van der Waals surface area contributed by atoms with Crippen molar-refractivity contribution >= 4 is 21.6 Å². The van der Waals surface area contributed by atoms with E-state index in [-0.39, 0.29) is 16.6 Å². The SMILES string of the molecule is NS(=O)(=O)c1ccc(NC(=O)C2(c3ccc(F)cc3)CC2)cc1. The third-order valence-electron chi connectivity index (χ3n) is 4.02. The van der Waals surface area contributed by atoms with Gasteiger partial charge in [-0.05, 0) is 54.8 Å². The van der Waals surface area contributed by atoms with Crippen LogP contribution < -0.4 is 10.5 Å². The second-order valence-corrected chi connectivity index (χ2v) is 7.17. The van der Waals surface area contributed by atoms with Crippen molar-refractivity contribution in [1.82, 2.24) is 0 Å². The van der Waals surface area contributed by atoms with E-state index in [1.807, 2.05) is 0 Å². The smallest absolute Gasteiger partial charge is 0.238 e. The molecule has 23 heavy (non-hydrogen) atoms. The van der Waals surface area contributed by atoms with Crippen molar-refractivity contribution < 1.29 is 17.6 Å². The lowest BCUT2D eigenvalue weighted by Crippen LogP contribution is -2.27. The summed E-state index contributed by atoms with van der Waals surface area (Å²) < 4.78 is 35.4. The summed E-state index contributed by atoms with van der Waals surface area (Å²) in [6.45, 7) is 0. The molecule has 0 spiro atoms. The number of hydrogen-bond donors (Lipinski definition) is 2. The van der Waals surface area contributed by atoms with Crippen LogP contribution in [0.3, 0.4) is 0 Å². The van der Waals surface area contributed by atoms with Gasteiger partial charge in [-0.25, -0.2) is 17.9 Å². The number of hydrogen-bond acceptors (Lipinski definition) is 3. The average molecular weight is 334 g/mol. The zero-order chi connectivity index (χ0) is 16.7. The Kier molecular flexibility index (Phi) is 3.69. The van der Waals surface area contributed by atoms with E-state index in [9.17, 15) is 17.6 Å². The highest BCUT2D eigenvalue weighted by atomic mass is 32.2. The molecule has 1 aliphatic rings. The molecule has 120 valence electrons. The minimum Gasteiger partial charge on any atom is -0.325 e. The van der Waals surface area contributed by atoms with E-state index in [1.165, 1.54) is 36.4 Å². The fraction of sp³-hybridized carbons (Fsp3) is 0.188. The molecule has 0 heterocycles. The zero-order valence-corrected chi connectivity index (χ0v) is 12.9. The maximum atomic E-state index is 13.0. The van der Waals surface area contributed by atoms with Crippen molar-refractivity contribution in [3.8, 4) is 0 Å². The van der Waals surface area contributed by atoms with E-state index >= 15 is 0 Å². The van der Waals surface area contributed by atoms with Gasteiger partial charge in [0, 0.05) is 5.69 Å². The molecular formula is C16H15FN2O3S. The standard InChI is InChI=1S/C16H15FN2O3S/c17-12-3-1-11(2-4-12)16(9-10-16)15(20)19-13-5-7-14(8-6-13)23(18,21)22/h1-8H,9-10H2,(H,19,20)(H2,18,21,22). The Morgan fingerprint density at radius 1 is 1.04 bits per heavy atom. The molecule has 1 fully saturated rings. The van der Waals surface area contributed by atoms with E-state index < -0.39 is 15.4 Å². The number of nitrogens with one attached hydrogen (secondary N) is 1. The van der Waals surface area contributed by atoms with Crippen molar-refractivity contribution in [2.75, 3.05) is 5.32 Å². The summed E-state index contributed by atoms with van der Waals surface area (Å²) in [5.74, 6) is -0.531. The minimum absolute atomic E-state index is 0.0184. The first kappa shape index (κ1) is 15.6. The van der Waals surface area contributed by atoms with Gasteiger partial charge in [-0.1, -0.05) is 12.1 Å². The van der Waals surface area contributed by atoms with E-state index in [0.717, 1.165) is 5.56 Å². The summed E-state index contributed by atoms with van der Waals surface area (Å²) >= 11 is 0. The Labute approximate surface area is 133 Å². The van der Waals surface area contributed by atoms with Crippen LogP contribution in [-0.2, 0) is 20.2 Å². The number of halogens is 1. The molecule has 2 aromatic carbocycles. The second kappa shape index (κ2) is 5.43. The van der Waals surface area contributed by atoms with Crippen LogP contribution in [0.5, 0.6) is 0 Å². The van der Waals surface area contributed by atoms with E-state index in [4.69, 9.17) is 5.14 Å². The zero-order valence-electron chi connectivity index (χ0n) is 12.1. The largest absolute Gasteiger partial charge is 0.325 e. The van der Waals surface area contributed by atoms with Gasteiger partial charge in [-0.15, -0.1) is 0 Å². The van der Waals surface area contributed by atoms with Crippen molar-refractivity contribution in [1.29, 1.82) is 0 Å². The van der Waals surface area contributed by atoms with Gasteiger partial charge in [0.05, 0.1) is 10.3 Å². The van der Waals surface area contributed by atoms with Crippen LogP contribution in [0.25, 0.3) is 0 Å². The van der Waals surface area contributed by atoms with Crippen molar-refractivity contribution in [2.24, 2.45) is 5.14 Å². The summed E-state index contributed by atoms with van der Waals surface area (Å²) in [6, 6.07) is 11.5. The molecule has 7 heteroatoms. The Hall–Kier alpha value is -2.25. The number of benzene rings is 2. The highest BCUT2D eigenvalue weighted by molar-refractivity contribution is 7.89. The normalized spacial score (nSPS) is 15.9. The molecule has 3 rings (SSSR count). The van der Waals surface area contributed by atoms with Gasteiger partial charge in [-0.2, -0.15) is 0 Å². The van der Waals surface area contributed by atoms with Crippen LogP contribution in [0.2, 0.25) is 0 Å². The Morgan fingerprint density at radius 3 is 2.09 bits per heavy atom. The van der Waals surface area contributed by atoms with Crippen molar-refractivity contribution in [3.63, 3.8) is 0 Å². The van der Waals surface area contributed by atoms with Gasteiger partial charge < -0.3 is 5.32 Å². The third kappa shape index (κ3) is 3.11. The molecule has 0 atom stereocenters. The van der Waals surface area contributed by atoms with Crippen molar-refractivity contribution in [3.05, 3.63) is 59.9 Å². The van der Waals surface area contributed by atoms with Crippen molar-refractivity contribution in [2.45, 2.75) is 23.2 Å². The van der Waals surface area contributed by atoms with Crippen LogP contribution in [0.1, 0.15) is 18.4 Å². The summed E-state index contributed by atoms with van der Waals surface area (Å²) in [6.07, 6.45) is 1.39. The van der Waals surface area contributed by atoms with Crippen LogP contribution in [0.15, 0.2) is 53.4 Å². The van der Waals surface area contributed by atoms with Crippen LogP contribution >= 0.6 is 0 Å². The first-order chi connectivity index (χ1) is 10.8. The molecule has 0 aromatic heterocycles. The van der Waals surface area contributed by atoms with Gasteiger partial charge in [0.2, 0.25) is 15.9 Å². The lowest BCUT2D eigenvalue weighted by Gasteiger charge is -2.16. The monoisotopic (exact) mass is 334 g/mol. The fourth-order valence-corrected chi connectivity index (χ4v) is 3.03. The lowest BCUT2D eigenvalue weighted by molar-refractivity contribution is -0.118. The van der Waals surface area contributed by atoms with Gasteiger partial charge in [0.25, 0.3) is 0 Å². The van der Waals surface area contributed by atoms with E-state index in [1.54, 1.807) is 12.1 Å². The molecule has 1 amide bonds. The van der Waals surface area contributed by atoms with Gasteiger partial charge in [-0.3, -0.25) is 4.79 Å². The third-order valence-corrected chi connectivity index (χ3v) is 4.95. The number of anilines is 1. The number of carbonyl (C=O) groups is 1. The number of amides is 1.